The molecule has 0 bridgehead atoms. The van der Waals surface area contributed by atoms with Crippen LogP contribution in [0.3, 0.4) is 0 Å². The van der Waals surface area contributed by atoms with Crippen molar-refractivity contribution in [3.8, 4) is 0 Å². The van der Waals surface area contributed by atoms with E-state index in [0.29, 0.717) is 0 Å². The molecule has 1 aliphatic heterocycles. The number of rotatable bonds is 0. The van der Waals surface area contributed by atoms with E-state index >= 15 is 0 Å². The molecule has 1 aromatic carbocycles. The summed E-state index contributed by atoms with van der Waals surface area (Å²) in [5.74, 6) is 0. The molecule has 0 saturated carbocycles. The van der Waals surface area contributed by atoms with Crippen LogP contribution in [0.5, 0.6) is 0 Å². The molecule has 1 nitrogen and oxygen atoms in total. The Kier molecular flexibility index (Phi) is 1.89. The molecule has 62 valence electrons. The molecule has 0 amide bonds. The van der Waals surface area contributed by atoms with Crippen molar-refractivity contribution in [3.63, 3.8) is 0 Å². The fourth-order valence-electron chi connectivity index (χ4n) is 1.41. The van der Waals surface area contributed by atoms with Crippen molar-refractivity contribution < 1.29 is 0 Å². The summed E-state index contributed by atoms with van der Waals surface area (Å²) in [6.07, 6.45) is 0.887. The Morgan fingerprint density at radius 2 is 2.25 bits per heavy atom. The van der Waals surface area contributed by atoms with Crippen LogP contribution >= 0.6 is 11.6 Å². The van der Waals surface area contributed by atoms with Crippen molar-refractivity contribution in [1.29, 1.82) is 0 Å². The molecule has 1 aliphatic rings. The first-order chi connectivity index (χ1) is 5.77. The van der Waals surface area contributed by atoms with E-state index in [4.69, 9.17) is 11.6 Å². The van der Waals surface area contributed by atoms with Gasteiger partial charge in [-0.3, -0.25) is 4.99 Å². The number of benzene rings is 1. The highest BCUT2D eigenvalue weighted by Crippen LogP contribution is 2.07. The zero-order chi connectivity index (χ0) is 8.55. The van der Waals surface area contributed by atoms with E-state index in [-0.39, 0.29) is 0 Å². The van der Waals surface area contributed by atoms with Crippen LogP contribution < -0.4 is 10.6 Å². The lowest BCUT2D eigenvalue weighted by atomic mass is 10.1. The molecule has 1 heterocycles. The van der Waals surface area contributed by atoms with E-state index in [9.17, 15) is 0 Å². The third-order valence-corrected chi connectivity index (χ3v) is 2.45. The van der Waals surface area contributed by atoms with Crippen LogP contribution in [-0.4, -0.2) is 6.54 Å². The molecule has 0 N–H and O–H groups in total. The molecule has 0 fully saturated rings. The lowest BCUT2D eigenvalue weighted by Gasteiger charge is -2.03. The van der Waals surface area contributed by atoms with Gasteiger partial charge in [-0.25, -0.2) is 0 Å². The fraction of sp³-hybridized carbons (Fsp3) is 0.300. The molecule has 1 aromatic rings. The standard InChI is InChI=1S/C10H10ClN/c1-7-2-3-8-9(11)4-5-12-10(8)6-7/h2-3,6H,4-5H2,1H3. The van der Waals surface area contributed by atoms with Crippen LogP contribution in [0, 0.1) is 6.92 Å². The summed E-state index contributed by atoms with van der Waals surface area (Å²) in [4.78, 5) is 4.40. The molecular formula is C10H10ClN. The molecule has 2 heteroatoms. The van der Waals surface area contributed by atoms with Gasteiger partial charge in [0.05, 0.1) is 5.36 Å². The fourth-order valence-corrected chi connectivity index (χ4v) is 1.66. The molecule has 0 radical (unpaired) electrons. The van der Waals surface area contributed by atoms with E-state index in [1.165, 1.54) is 5.56 Å². The molecule has 0 aliphatic carbocycles. The van der Waals surface area contributed by atoms with Crippen LogP contribution in [0.15, 0.2) is 23.2 Å². The molecular weight excluding hydrogens is 170 g/mol. The van der Waals surface area contributed by atoms with Crippen LogP contribution in [0.1, 0.15) is 12.0 Å². The van der Waals surface area contributed by atoms with Gasteiger partial charge in [0.25, 0.3) is 0 Å². The molecule has 0 atom stereocenters. The summed E-state index contributed by atoms with van der Waals surface area (Å²) in [7, 11) is 0. The summed E-state index contributed by atoms with van der Waals surface area (Å²) >= 11 is 6.06. The number of fused-ring (bicyclic) bond motifs is 1. The summed E-state index contributed by atoms with van der Waals surface area (Å²) in [6, 6.07) is 6.20. The normalized spacial score (nSPS) is 15.3. The van der Waals surface area contributed by atoms with E-state index in [1.807, 2.05) is 0 Å². The van der Waals surface area contributed by atoms with Gasteiger partial charge in [-0.05, 0) is 18.6 Å². The second-order valence-corrected chi connectivity index (χ2v) is 3.51. The highest BCUT2D eigenvalue weighted by Gasteiger charge is 2.01. The summed E-state index contributed by atoms with van der Waals surface area (Å²) in [5.41, 5.74) is 1.24. The van der Waals surface area contributed by atoms with Gasteiger partial charge in [0.1, 0.15) is 0 Å². The average molecular weight is 180 g/mol. The van der Waals surface area contributed by atoms with Crippen LogP contribution in [0.25, 0.3) is 5.03 Å². The second kappa shape index (κ2) is 2.91. The molecule has 2 rings (SSSR count). The third-order valence-electron chi connectivity index (χ3n) is 2.06. The lowest BCUT2D eigenvalue weighted by Crippen LogP contribution is -2.29. The van der Waals surface area contributed by atoms with Gasteiger partial charge in [0.15, 0.2) is 0 Å². The molecule has 12 heavy (non-hydrogen) atoms. The van der Waals surface area contributed by atoms with E-state index in [2.05, 4.69) is 30.1 Å². The van der Waals surface area contributed by atoms with Gasteiger partial charge < -0.3 is 0 Å². The minimum atomic E-state index is 0.829. The van der Waals surface area contributed by atoms with Gasteiger partial charge in [-0.15, -0.1) is 0 Å². The van der Waals surface area contributed by atoms with Crippen molar-refractivity contribution in [1.82, 2.24) is 0 Å². The number of nitrogens with zero attached hydrogens (tertiary/aromatic N) is 1. The predicted molar refractivity (Wildman–Crippen MR) is 50.7 cm³/mol. The maximum Gasteiger partial charge on any atom is 0.0661 e. The first-order valence-electron chi connectivity index (χ1n) is 4.07. The minimum Gasteiger partial charge on any atom is -0.284 e. The Balaban J connectivity index is 2.85. The van der Waals surface area contributed by atoms with Gasteiger partial charge >= 0.3 is 0 Å². The topological polar surface area (TPSA) is 12.4 Å². The lowest BCUT2D eigenvalue weighted by molar-refractivity contribution is 0.950. The zero-order valence-electron chi connectivity index (χ0n) is 6.97. The number of aryl methyl sites for hydroxylation is 1. The molecule has 0 aromatic heterocycles. The van der Waals surface area contributed by atoms with Crippen molar-refractivity contribution >= 4 is 16.6 Å². The summed E-state index contributed by atoms with van der Waals surface area (Å²) < 4.78 is 0. The SMILES string of the molecule is Cc1ccc2c(c1)=NCCC=2Cl. The zero-order valence-corrected chi connectivity index (χ0v) is 7.73. The Morgan fingerprint density at radius 1 is 1.42 bits per heavy atom. The Morgan fingerprint density at radius 3 is 3.08 bits per heavy atom. The summed E-state index contributed by atoms with van der Waals surface area (Å²) in [5, 5.41) is 3.10. The Bertz CT molecular complexity index is 420. The third kappa shape index (κ3) is 1.25. The van der Waals surface area contributed by atoms with Crippen LogP contribution in [0.2, 0.25) is 0 Å². The van der Waals surface area contributed by atoms with E-state index in [0.717, 1.165) is 28.6 Å². The maximum absolute atomic E-state index is 6.06. The van der Waals surface area contributed by atoms with Gasteiger partial charge in [0.2, 0.25) is 0 Å². The number of hydrogen-bond acceptors (Lipinski definition) is 1. The first-order valence-corrected chi connectivity index (χ1v) is 4.45. The van der Waals surface area contributed by atoms with Crippen molar-refractivity contribution in [2.24, 2.45) is 4.99 Å². The van der Waals surface area contributed by atoms with Crippen molar-refractivity contribution in [2.45, 2.75) is 13.3 Å². The van der Waals surface area contributed by atoms with Gasteiger partial charge in [-0.2, -0.15) is 0 Å². The monoisotopic (exact) mass is 179 g/mol. The van der Waals surface area contributed by atoms with Crippen molar-refractivity contribution in [3.05, 3.63) is 34.3 Å². The molecule has 0 saturated heterocycles. The van der Waals surface area contributed by atoms with E-state index in [1.54, 1.807) is 0 Å². The van der Waals surface area contributed by atoms with Crippen molar-refractivity contribution in [2.75, 3.05) is 6.54 Å². The number of hydrogen-bond donors (Lipinski definition) is 0. The highest BCUT2D eigenvalue weighted by atomic mass is 35.5. The quantitative estimate of drug-likeness (QED) is 0.571. The highest BCUT2D eigenvalue weighted by molar-refractivity contribution is 6.45. The average Bonchev–Trinajstić information content (AvgIpc) is 2.04. The Labute approximate surface area is 76.4 Å². The minimum absolute atomic E-state index is 0.829. The smallest absolute Gasteiger partial charge is 0.0661 e. The summed E-state index contributed by atoms with van der Waals surface area (Å²) in [6.45, 7) is 2.90. The predicted octanol–water partition coefficient (Wildman–Crippen LogP) is 1.37. The Hall–Kier alpha value is -0.820. The van der Waals surface area contributed by atoms with E-state index < -0.39 is 0 Å². The molecule has 0 spiro atoms. The number of halogens is 1. The second-order valence-electron chi connectivity index (χ2n) is 3.06. The molecule has 0 unspecified atom stereocenters. The maximum atomic E-state index is 6.06. The largest absolute Gasteiger partial charge is 0.284 e. The van der Waals surface area contributed by atoms with Gasteiger partial charge in [-0.1, -0.05) is 23.7 Å². The van der Waals surface area contributed by atoms with Crippen LogP contribution in [-0.2, 0) is 0 Å². The first kappa shape index (κ1) is 7.81. The van der Waals surface area contributed by atoms with Gasteiger partial charge in [0, 0.05) is 23.2 Å². The van der Waals surface area contributed by atoms with Crippen LogP contribution in [0.4, 0.5) is 0 Å².